The minimum Gasteiger partial charge on any atom is -0.510 e. The van der Waals surface area contributed by atoms with Crippen molar-refractivity contribution in [2.75, 3.05) is 33.1 Å². The van der Waals surface area contributed by atoms with Crippen LogP contribution in [0.25, 0.3) is 0 Å². The van der Waals surface area contributed by atoms with Crippen molar-refractivity contribution in [2.45, 2.75) is 24.5 Å². The number of nitrogens with zero attached hydrogens (tertiary/aromatic N) is 2. The molecule has 4 atom stereocenters. The molecule has 0 unspecified atom stereocenters. The number of fused-ring (bicyclic) bond motifs is 3. The summed E-state index contributed by atoms with van der Waals surface area (Å²) in [5.74, 6) is -8.26. The number of carbonyl (C=O) groups is 3. The predicted octanol–water partition coefficient (Wildman–Crippen LogP) is 0.326. The van der Waals surface area contributed by atoms with Crippen LogP contribution in [0.3, 0.4) is 0 Å². The van der Waals surface area contributed by atoms with Gasteiger partial charge in [0.15, 0.2) is 23.0 Å². The van der Waals surface area contributed by atoms with Crippen molar-refractivity contribution >= 4 is 23.2 Å². The molecule has 6 N–H and O–H groups in total. The van der Waals surface area contributed by atoms with Gasteiger partial charge in [-0.3, -0.25) is 19.3 Å². The van der Waals surface area contributed by atoms with Gasteiger partial charge in [0.2, 0.25) is 5.78 Å². The third kappa shape index (κ3) is 2.90. The van der Waals surface area contributed by atoms with Crippen molar-refractivity contribution in [3.05, 3.63) is 45.7 Å². The van der Waals surface area contributed by atoms with Gasteiger partial charge in [0, 0.05) is 25.6 Å². The standard InChI is InChI=1S/C23H26FN3O7/c1-26(2)15-10-6-8-5-9-7-11(24)16(27(3)4)18(29)12(9)17(28)13(8)20(31)23(10,34)21(32)14(19(15)30)22(25)33/h7-8,10,15,29-31,34H,5-6H2,1-4H3,(H2,25,33)/t8-,10-,15-,23-/m0/s1. The molecule has 34 heavy (non-hydrogen) atoms. The van der Waals surface area contributed by atoms with E-state index in [-0.39, 0.29) is 35.2 Å². The van der Waals surface area contributed by atoms with Gasteiger partial charge >= 0.3 is 0 Å². The Labute approximate surface area is 194 Å². The maximum atomic E-state index is 14.7. The van der Waals surface area contributed by atoms with Crippen molar-refractivity contribution in [1.29, 1.82) is 0 Å². The summed E-state index contributed by atoms with van der Waals surface area (Å²) >= 11 is 0. The molecule has 3 aliphatic carbocycles. The van der Waals surface area contributed by atoms with E-state index < -0.39 is 69.6 Å². The molecule has 1 aromatic rings. The Morgan fingerprint density at radius 3 is 2.32 bits per heavy atom. The summed E-state index contributed by atoms with van der Waals surface area (Å²) in [7, 11) is 6.06. The number of hydrogen-bond donors (Lipinski definition) is 5. The zero-order valence-corrected chi connectivity index (χ0v) is 19.1. The molecule has 1 aromatic carbocycles. The van der Waals surface area contributed by atoms with E-state index >= 15 is 0 Å². The van der Waals surface area contributed by atoms with E-state index in [1.54, 1.807) is 14.1 Å². The lowest BCUT2D eigenvalue weighted by Crippen LogP contribution is -2.63. The highest BCUT2D eigenvalue weighted by Gasteiger charge is 2.63. The summed E-state index contributed by atoms with van der Waals surface area (Å²) in [6.45, 7) is 0. The number of phenolic OH excluding ortho intramolecular Hbond substituents is 1. The number of primary amides is 1. The predicted molar refractivity (Wildman–Crippen MR) is 118 cm³/mol. The summed E-state index contributed by atoms with van der Waals surface area (Å²) < 4.78 is 14.7. The minimum atomic E-state index is -2.70. The average Bonchev–Trinajstić information content (AvgIpc) is 2.69. The fourth-order valence-corrected chi connectivity index (χ4v) is 5.69. The summed E-state index contributed by atoms with van der Waals surface area (Å²) in [5, 5.41) is 44.1. The molecule has 0 fully saturated rings. The van der Waals surface area contributed by atoms with E-state index in [2.05, 4.69) is 0 Å². The first-order chi connectivity index (χ1) is 15.7. The number of benzene rings is 1. The van der Waals surface area contributed by atoms with Crippen molar-refractivity contribution in [3.63, 3.8) is 0 Å². The summed E-state index contributed by atoms with van der Waals surface area (Å²) in [4.78, 5) is 41.4. The Hall–Kier alpha value is -3.44. The van der Waals surface area contributed by atoms with Crippen LogP contribution in [0.5, 0.6) is 5.75 Å². The second-order valence-corrected chi connectivity index (χ2v) is 9.45. The number of halogens is 1. The van der Waals surface area contributed by atoms with Gasteiger partial charge < -0.3 is 31.1 Å². The molecule has 0 heterocycles. The number of aromatic hydroxyl groups is 1. The van der Waals surface area contributed by atoms with Gasteiger partial charge in [0.25, 0.3) is 5.91 Å². The number of aliphatic hydroxyl groups excluding tert-OH is 2. The number of anilines is 1. The van der Waals surface area contributed by atoms with E-state index in [1.165, 1.54) is 23.9 Å². The number of hydrogen-bond acceptors (Lipinski definition) is 9. The van der Waals surface area contributed by atoms with Gasteiger partial charge in [-0.2, -0.15) is 0 Å². The molecule has 0 bridgehead atoms. The number of Topliss-reactive ketones (excluding diaryl/α,β-unsaturated/α-hetero) is 2. The number of likely N-dealkylation sites (N-methyl/N-ethyl adjacent to an activating group) is 1. The van der Waals surface area contributed by atoms with Crippen LogP contribution >= 0.6 is 0 Å². The molecule has 4 rings (SSSR count). The van der Waals surface area contributed by atoms with Crippen LogP contribution in [0.2, 0.25) is 0 Å². The normalized spacial score (nSPS) is 28.6. The van der Waals surface area contributed by atoms with Gasteiger partial charge in [-0.25, -0.2) is 4.39 Å². The van der Waals surface area contributed by atoms with Crippen LogP contribution in [-0.4, -0.2) is 82.6 Å². The van der Waals surface area contributed by atoms with E-state index in [0.717, 1.165) is 6.07 Å². The second kappa shape index (κ2) is 7.54. The van der Waals surface area contributed by atoms with Crippen molar-refractivity contribution in [1.82, 2.24) is 4.90 Å². The molecule has 182 valence electrons. The van der Waals surface area contributed by atoms with Gasteiger partial charge in [-0.1, -0.05) is 0 Å². The highest BCUT2D eigenvalue weighted by molar-refractivity contribution is 6.24. The maximum Gasteiger partial charge on any atom is 0.255 e. The van der Waals surface area contributed by atoms with Crippen molar-refractivity contribution in [3.8, 4) is 5.75 Å². The molecule has 0 radical (unpaired) electrons. The number of amides is 1. The Morgan fingerprint density at radius 2 is 1.79 bits per heavy atom. The van der Waals surface area contributed by atoms with Crippen LogP contribution in [0, 0.1) is 17.7 Å². The highest BCUT2D eigenvalue weighted by atomic mass is 19.1. The lowest BCUT2D eigenvalue weighted by atomic mass is 9.58. The van der Waals surface area contributed by atoms with Crippen LogP contribution in [0.4, 0.5) is 10.1 Å². The lowest BCUT2D eigenvalue weighted by Gasteiger charge is -2.50. The van der Waals surface area contributed by atoms with Gasteiger partial charge in [0.05, 0.1) is 11.6 Å². The first-order valence-corrected chi connectivity index (χ1v) is 10.6. The topological polar surface area (TPSA) is 165 Å². The Kier molecular flexibility index (Phi) is 5.26. The average molecular weight is 475 g/mol. The third-order valence-corrected chi connectivity index (χ3v) is 7.09. The van der Waals surface area contributed by atoms with Gasteiger partial charge in [0.1, 0.15) is 22.8 Å². The number of allylic oxidation sites excluding steroid dienone is 1. The summed E-state index contributed by atoms with van der Waals surface area (Å²) in [6, 6.07) is 0.0706. The summed E-state index contributed by atoms with van der Waals surface area (Å²) in [6.07, 6.45) is -0.0176. The van der Waals surface area contributed by atoms with Crippen LogP contribution in [-0.2, 0) is 16.0 Å². The number of nitrogens with two attached hydrogens (primary N) is 1. The molecule has 0 saturated heterocycles. The monoisotopic (exact) mass is 475 g/mol. The second-order valence-electron chi connectivity index (χ2n) is 9.45. The Balaban J connectivity index is 1.97. The number of rotatable bonds is 3. The number of aliphatic hydroxyl groups is 3. The van der Waals surface area contributed by atoms with E-state index in [4.69, 9.17) is 5.73 Å². The Morgan fingerprint density at radius 1 is 1.18 bits per heavy atom. The largest absolute Gasteiger partial charge is 0.510 e. The molecule has 0 aromatic heterocycles. The molecular weight excluding hydrogens is 449 g/mol. The van der Waals surface area contributed by atoms with Gasteiger partial charge in [-0.05, 0) is 44.5 Å². The number of ketones is 2. The Bertz CT molecular complexity index is 1220. The fourth-order valence-electron chi connectivity index (χ4n) is 5.69. The maximum absolute atomic E-state index is 14.7. The molecule has 0 saturated carbocycles. The molecule has 3 aliphatic rings. The zero-order chi connectivity index (χ0) is 25.4. The number of phenols is 1. The third-order valence-electron chi connectivity index (χ3n) is 7.09. The van der Waals surface area contributed by atoms with E-state index in [1.807, 2.05) is 0 Å². The fraction of sp³-hybridized carbons (Fsp3) is 0.435. The minimum absolute atomic E-state index is 0.0345. The highest BCUT2D eigenvalue weighted by Crippen LogP contribution is 2.53. The molecule has 0 spiro atoms. The van der Waals surface area contributed by atoms with Crippen molar-refractivity contribution < 1.29 is 39.2 Å². The summed E-state index contributed by atoms with van der Waals surface area (Å²) in [5.41, 5.74) is 1.21. The SMILES string of the molecule is CN(C)c1c(F)cc2c(c1O)C(=O)C1=C(O)[C@]3(O)C(=O)C(C(N)=O)=C(O)[C@@H](N(C)C)[C@@H]3C[C@@H]1C2. The quantitative estimate of drug-likeness (QED) is 0.387. The van der Waals surface area contributed by atoms with Crippen LogP contribution in [0.1, 0.15) is 22.3 Å². The molecule has 10 nitrogen and oxygen atoms in total. The molecule has 0 aliphatic heterocycles. The first-order valence-electron chi connectivity index (χ1n) is 10.6. The number of carbonyl (C=O) groups excluding carboxylic acids is 3. The van der Waals surface area contributed by atoms with Crippen LogP contribution < -0.4 is 10.6 Å². The van der Waals surface area contributed by atoms with E-state index in [0.29, 0.717) is 0 Å². The smallest absolute Gasteiger partial charge is 0.255 e. The zero-order valence-electron chi connectivity index (χ0n) is 19.1. The molecule has 1 amide bonds. The first kappa shape index (κ1) is 23.7. The molecule has 11 heteroatoms. The van der Waals surface area contributed by atoms with E-state index in [9.17, 15) is 39.2 Å². The van der Waals surface area contributed by atoms with Gasteiger partial charge in [-0.15, -0.1) is 0 Å². The lowest BCUT2D eigenvalue weighted by molar-refractivity contribution is -0.148. The van der Waals surface area contributed by atoms with Crippen molar-refractivity contribution in [2.24, 2.45) is 17.6 Å². The molecular formula is C23H26FN3O7. The van der Waals surface area contributed by atoms with Crippen LogP contribution in [0.15, 0.2) is 28.7 Å².